The maximum Gasteiger partial charge on any atom is 0.336 e. The minimum absolute atomic E-state index is 0.0259. The molecule has 186 valence electrons. The zero-order valence-corrected chi connectivity index (χ0v) is 20.3. The van der Waals surface area contributed by atoms with Crippen LogP contribution in [0.3, 0.4) is 0 Å². The molecule has 3 unspecified atom stereocenters. The number of aliphatic imine (C=N–C) groups is 1. The molecule has 9 nitrogen and oxygen atoms in total. The fourth-order valence-electron chi connectivity index (χ4n) is 4.16. The van der Waals surface area contributed by atoms with E-state index in [1.54, 1.807) is 0 Å². The van der Waals surface area contributed by atoms with Crippen molar-refractivity contribution in [3.05, 3.63) is 87.1 Å². The minimum atomic E-state index is -1.00. The van der Waals surface area contributed by atoms with E-state index in [-0.39, 0.29) is 17.9 Å². The molecule has 3 atom stereocenters. The van der Waals surface area contributed by atoms with Crippen LogP contribution < -0.4 is 0 Å². The second-order valence-electron chi connectivity index (χ2n) is 8.24. The molecular weight excluding hydrogens is 462 g/mol. The quantitative estimate of drug-likeness (QED) is 0.274. The van der Waals surface area contributed by atoms with E-state index in [1.165, 1.54) is 31.2 Å². The predicted molar refractivity (Wildman–Crippen MR) is 132 cm³/mol. The van der Waals surface area contributed by atoms with Crippen molar-refractivity contribution < 1.29 is 24.0 Å². The van der Waals surface area contributed by atoms with Gasteiger partial charge >= 0.3 is 11.9 Å². The molecule has 0 fully saturated rings. The van der Waals surface area contributed by atoms with Gasteiger partial charge in [-0.25, -0.2) is 4.79 Å². The summed E-state index contributed by atoms with van der Waals surface area (Å²) in [6, 6.07) is 16.7. The Kier molecular flexibility index (Phi) is 8.68. The van der Waals surface area contributed by atoms with Crippen molar-refractivity contribution in [3.63, 3.8) is 0 Å². The predicted octanol–water partition coefficient (Wildman–Crippen LogP) is 5.02. The van der Waals surface area contributed by atoms with Gasteiger partial charge in [-0.05, 0) is 30.9 Å². The summed E-state index contributed by atoms with van der Waals surface area (Å²) < 4.78 is 11.0. The van der Waals surface area contributed by atoms with E-state index in [0.29, 0.717) is 29.8 Å². The number of nitrogens with zero attached hydrogens (tertiary/aromatic N) is 3. The lowest BCUT2D eigenvalue weighted by Crippen LogP contribution is -2.38. The van der Waals surface area contributed by atoms with Crippen LogP contribution >= 0.6 is 0 Å². The summed E-state index contributed by atoms with van der Waals surface area (Å²) in [5.74, 6) is -3.18. The second kappa shape index (κ2) is 11.9. The summed E-state index contributed by atoms with van der Waals surface area (Å²) in [4.78, 5) is 42.1. The van der Waals surface area contributed by atoms with Crippen LogP contribution in [0, 0.1) is 27.4 Å². The fourth-order valence-corrected chi connectivity index (χ4v) is 4.16. The van der Waals surface area contributed by atoms with Crippen LogP contribution in [0.4, 0.5) is 5.69 Å². The number of carbonyl (C=O) groups is 2. The van der Waals surface area contributed by atoms with Crippen LogP contribution in [0.5, 0.6) is 0 Å². The van der Waals surface area contributed by atoms with Gasteiger partial charge in [-0.2, -0.15) is 5.26 Å². The third-order valence-electron chi connectivity index (χ3n) is 5.91. The van der Waals surface area contributed by atoms with Gasteiger partial charge in [0, 0.05) is 23.8 Å². The molecule has 2 aromatic carbocycles. The van der Waals surface area contributed by atoms with Crippen LogP contribution in [-0.2, 0) is 25.7 Å². The van der Waals surface area contributed by atoms with E-state index >= 15 is 0 Å². The molecule has 0 spiro atoms. The SMILES string of the molecule is CCC1=NC(CC)=C(C(=O)OCc2ccccc2)C(c2ccc([N+](=O)[O-])cc2)C1C(=O)OC(C)C#N. The normalized spacial score (nSPS) is 18.0. The lowest BCUT2D eigenvalue weighted by atomic mass is 9.74. The molecule has 0 aliphatic carbocycles. The number of esters is 2. The maximum absolute atomic E-state index is 13.5. The number of hydrogen-bond donors (Lipinski definition) is 0. The van der Waals surface area contributed by atoms with E-state index in [1.807, 2.05) is 50.2 Å². The van der Waals surface area contributed by atoms with Crippen molar-refractivity contribution in [1.29, 1.82) is 5.26 Å². The highest BCUT2D eigenvalue weighted by Gasteiger charge is 2.44. The summed E-state index contributed by atoms with van der Waals surface area (Å²) in [7, 11) is 0. The van der Waals surface area contributed by atoms with Gasteiger partial charge in [-0.1, -0.05) is 56.3 Å². The van der Waals surface area contributed by atoms with Crippen molar-refractivity contribution in [3.8, 4) is 6.07 Å². The Balaban J connectivity index is 2.11. The zero-order valence-electron chi connectivity index (χ0n) is 20.3. The summed E-state index contributed by atoms with van der Waals surface area (Å²) >= 11 is 0. The van der Waals surface area contributed by atoms with E-state index < -0.39 is 34.8 Å². The Morgan fingerprint density at radius 2 is 1.78 bits per heavy atom. The number of nitriles is 1. The van der Waals surface area contributed by atoms with E-state index in [4.69, 9.17) is 14.7 Å². The molecule has 0 bridgehead atoms. The van der Waals surface area contributed by atoms with Crippen LogP contribution in [-0.4, -0.2) is 28.7 Å². The number of rotatable bonds is 9. The summed E-state index contributed by atoms with van der Waals surface area (Å²) in [6.45, 7) is 5.16. The number of benzene rings is 2. The Labute approximate surface area is 209 Å². The van der Waals surface area contributed by atoms with Crippen LogP contribution in [0.15, 0.2) is 70.9 Å². The van der Waals surface area contributed by atoms with Crippen molar-refractivity contribution in [1.82, 2.24) is 0 Å². The first-order chi connectivity index (χ1) is 17.3. The van der Waals surface area contributed by atoms with Gasteiger partial charge in [0.2, 0.25) is 0 Å². The Morgan fingerprint density at radius 3 is 2.33 bits per heavy atom. The first-order valence-corrected chi connectivity index (χ1v) is 11.7. The van der Waals surface area contributed by atoms with Gasteiger partial charge in [0.05, 0.1) is 16.2 Å². The average Bonchev–Trinajstić information content (AvgIpc) is 2.90. The first-order valence-electron chi connectivity index (χ1n) is 11.7. The van der Waals surface area contributed by atoms with Crippen molar-refractivity contribution in [2.45, 2.75) is 52.2 Å². The minimum Gasteiger partial charge on any atom is -0.457 e. The van der Waals surface area contributed by atoms with Gasteiger partial charge in [0.1, 0.15) is 18.6 Å². The highest BCUT2D eigenvalue weighted by atomic mass is 16.6. The Hall–Kier alpha value is -4.32. The number of nitro benzene ring substituents is 1. The number of ether oxygens (including phenoxy) is 2. The largest absolute Gasteiger partial charge is 0.457 e. The number of nitro groups is 1. The summed E-state index contributed by atoms with van der Waals surface area (Å²) in [5.41, 5.74) is 2.36. The molecule has 1 heterocycles. The molecule has 0 aromatic heterocycles. The van der Waals surface area contributed by atoms with Crippen molar-refractivity contribution in [2.24, 2.45) is 10.9 Å². The molecule has 0 radical (unpaired) electrons. The summed E-state index contributed by atoms with van der Waals surface area (Å²) in [6.07, 6.45) is -0.197. The first kappa shape index (κ1) is 26.3. The topological polar surface area (TPSA) is 132 Å². The lowest BCUT2D eigenvalue weighted by Gasteiger charge is -2.33. The molecule has 9 heteroatoms. The van der Waals surface area contributed by atoms with E-state index in [9.17, 15) is 19.7 Å². The highest BCUT2D eigenvalue weighted by Crippen LogP contribution is 2.42. The van der Waals surface area contributed by atoms with Crippen molar-refractivity contribution in [2.75, 3.05) is 0 Å². The molecule has 36 heavy (non-hydrogen) atoms. The van der Waals surface area contributed by atoms with Crippen LogP contribution in [0.25, 0.3) is 0 Å². The Morgan fingerprint density at radius 1 is 1.11 bits per heavy atom. The van der Waals surface area contributed by atoms with Gasteiger partial charge in [-0.3, -0.25) is 19.9 Å². The van der Waals surface area contributed by atoms with Gasteiger partial charge in [0.25, 0.3) is 5.69 Å². The molecule has 0 amide bonds. The van der Waals surface area contributed by atoms with E-state index in [2.05, 4.69) is 4.99 Å². The fraction of sp³-hybridized carbons (Fsp3) is 0.333. The zero-order chi connectivity index (χ0) is 26.2. The second-order valence-corrected chi connectivity index (χ2v) is 8.24. The van der Waals surface area contributed by atoms with E-state index in [0.717, 1.165) is 5.56 Å². The standard InChI is InChI=1S/C27H27N3O6/c1-4-21-24(26(31)35-16-18-9-7-6-8-10-18)23(19-11-13-20(14-12-19)30(33)34)25(22(5-2)29-21)27(32)36-17(3)15-28/h6-14,17,23,25H,4-5,16H2,1-3H3. The van der Waals surface area contributed by atoms with Crippen LogP contribution in [0.1, 0.15) is 50.7 Å². The average molecular weight is 490 g/mol. The third kappa shape index (κ3) is 5.84. The monoisotopic (exact) mass is 489 g/mol. The molecular formula is C27H27N3O6. The molecule has 3 rings (SSSR count). The molecule has 1 aliphatic rings. The molecule has 0 N–H and O–H groups in total. The molecule has 0 saturated carbocycles. The van der Waals surface area contributed by atoms with Gasteiger partial charge in [0.15, 0.2) is 6.10 Å². The molecule has 0 saturated heterocycles. The number of allylic oxidation sites excluding steroid dienone is 1. The number of non-ortho nitro benzene ring substituents is 1. The highest BCUT2D eigenvalue weighted by molar-refractivity contribution is 6.08. The van der Waals surface area contributed by atoms with Gasteiger partial charge < -0.3 is 9.47 Å². The number of carbonyl (C=O) groups excluding carboxylic acids is 2. The van der Waals surface area contributed by atoms with Crippen molar-refractivity contribution >= 4 is 23.3 Å². The van der Waals surface area contributed by atoms with Gasteiger partial charge in [-0.15, -0.1) is 0 Å². The third-order valence-corrected chi connectivity index (χ3v) is 5.91. The number of hydrogen-bond acceptors (Lipinski definition) is 8. The Bertz CT molecular complexity index is 1230. The molecule has 1 aliphatic heterocycles. The maximum atomic E-state index is 13.5. The lowest BCUT2D eigenvalue weighted by molar-refractivity contribution is -0.384. The van der Waals surface area contributed by atoms with Crippen LogP contribution in [0.2, 0.25) is 0 Å². The molecule has 2 aromatic rings. The smallest absolute Gasteiger partial charge is 0.336 e. The summed E-state index contributed by atoms with van der Waals surface area (Å²) in [5, 5.41) is 20.4.